The van der Waals surface area contributed by atoms with Gasteiger partial charge in [0.25, 0.3) is 0 Å². The van der Waals surface area contributed by atoms with Gasteiger partial charge in [0.1, 0.15) is 5.69 Å². The molecule has 0 saturated heterocycles. The van der Waals surface area contributed by atoms with Crippen LogP contribution in [0.3, 0.4) is 0 Å². The second kappa shape index (κ2) is 6.66. The van der Waals surface area contributed by atoms with Crippen molar-refractivity contribution in [3.8, 4) is 11.3 Å². The second-order valence-corrected chi connectivity index (χ2v) is 5.72. The van der Waals surface area contributed by atoms with Crippen molar-refractivity contribution >= 4 is 17.5 Å². The van der Waals surface area contributed by atoms with Crippen LogP contribution in [0.2, 0.25) is 0 Å². The van der Waals surface area contributed by atoms with E-state index in [4.69, 9.17) is 0 Å². The average Bonchev–Trinajstić information content (AvgIpc) is 2.84. The molecule has 1 aromatic carbocycles. The Morgan fingerprint density at radius 3 is 2.84 bits per heavy atom. The van der Waals surface area contributed by atoms with E-state index < -0.39 is 0 Å². The van der Waals surface area contributed by atoms with Gasteiger partial charge in [0.2, 0.25) is 0 Å². The van der Waals surface area contributed by atoms with Gasteiger partial charge in [0.05, 0.1) is 11.7 Å². The molecule has 0 bridgehead atoms. The summed E-state index contributed by atoms with van der Waals surface area (Å²) in [6.45, 7) is 7.57. The number of hydrogen-bond donors (Lipinski definition) is 1. The van der Waals surface area contributed by atoms with Gasteiger partial charge in [0.15, 0.2) is 5.82 Å². The van der Waals surface area contributed by atoms with Crippen molar-refractivity contribution in [2.24, 2.45) is 5.92 Å². The van der Waals surface area contributed by atoms with Gasteiger partial charge >= 0.3 is 0 Å². The number of rotatable bonds is 6. The number of benzene rings is 1. The van der Waals surface area contributed by atoms with Gasteiger partial charge in [-0.2, -0.15) is 8.75 Å². The molecule has 1 heterocycles. The topological polar surface area (TPSA) is 37.8 Å². The minimum Gasteiger partial charge on any atom is -0.367 e. The van der Waals surface area contributed by atoms with Crippen LogP contribution in [0.4, 0.5) is 5.82 Å². The summed E-state index contributed by atoms with van der Waals surface area (Å²) in [6, 6.07) is 8.63. The lowest BCUT2D eigenvalue weighted by Crippen LogP contribution is -2.01. The molecule has 4 heteroatoms. The normalized spacial score (nSPS) is 10.9. The molecule has 102 valence electrons. The van der Waals surface area contributed by atoms with E-state index in [1.807, 2.05) is 0 Å². The van der Waals surface area contributed by atoms with Gasteiger partial charge in [-0.3, -0.25) is 0 Å². The minimum absolute atomic E-state index is 0.668. The molecule has 0 aliphatic rings. The second-order valence-electron chi connectivity index (χ2n) is 5.19. The number of nitrogens with one attached hydrogen (secondary N) is 1. The monoisotopic (exact) mass is 275 g/mol. The van der Waals surface area contributed by atoms with E-state index in [1.54, 1.807) is 0 Å². The first kappa shape index (κ1) is 14.0. The molecule has 0 aliphatic heterocycles. The Balaban J connectivity index is 2.23. The maximum absolute atomic E-state index is 4.43. The molecular weight excluding hydrogens is 254 g/mol. The lowest BCUT2D eigenvalue weighted by atomic mass is 10.00. The molecule has 0 unspecified atom stereocenters. The van der Waals surface area contributed by atoms with Gasteiger partial charge < -0.3 is 5.32 Å². The highest BCUT2D eigenvalue weighted by Gasteiger charge is 2.10. The van der Waals surface area contributed by atoms with Gasteiger partial charge in [-0.25, -0.2) is 0 Å². The Bertz CT molecular complexity index is 520. The largest absolute Gasteiger partial charge is 0.367 e. The van der Waals surface area contributed by atoms with Gasteiger partial charge in [-0.05, 0) is 30.4 Å². The molecule has 0 spiro atoms. The van der Waals surface area contributed by atoms with E-state index in [2.05, 4.69) is 59.1 Å². The van der Waals surface area contributed by atoms with E-state index in [-0.39, 0.29) is 0 Å². The van der Waals surface area contributed by atoms with Gasteiger partial charge in [-0.1, -0.05) is 39.0 Å². The Morgan fingerprint density at radius 2 is 2.11 bits per heavy atom. The highest BCUT2D eigenvalue weighted by atomic mass is 32.1. The van der Waals surface area contributed by atoms with Crippen LogP contribution in [-0.4, -0.2) is 15.3 Å². The molecule has 0 aliphatic carbocycles. The van der Waals surface area contributed by atoms with Crippen molar-refractivity contribution in [1.29, 1.82) is 0 Å². The Kier molecular flexibility index (Phi) is 4.91. The molecule has 1 aromatic heterocycles. The Labute approximate surface area is 119 Å². The van der Waals surface area contributed by atoms with E-state index in [9.17, 15) is 0 Å². The summed E-state index contributed by atoms with van der Waals surface area (Å²) in [5, 5.41) is 3.34. The van der Waals surface area contributed by atoms with Crippen LogP contribution in [0.5, 0.6) is 0 Å². The third-order valence-corrected chi connectivity index (χ3v) is 3.40. The van der Waals surface area contributed by atoms with Crippen molar-refractivity contribution in [3.63, 3.8) is 0 Å². The summed E-state index contributed by atoms with van der Waals surface area (Å²) in [7, 11) is 0. The van der Waals surface area contributed by atoms with Crippen molar-refractivity contribution in [2.45, 2.75) is 33.6 Å². The predicted octanol–water partition coefficient (Wildman–Crippen LogP) is 4.23. The van der Waals surface area contributed by atoms with Crippen LogP contribution in [0.25, 0.3) is 11.3 Å². The third-order valence-electron chi connectivity index (χ3n) is 2.88. The van der Waals surface area contributed by atoms with Crippen molar-refractivity contribution in [2.75, 3.05) is 11.9 Å². The maximum atomic E-state index is 4.43. The quantitative estimate of drug-likeness (QED) is 0.857. The summed E-state index contributed by atoms with van der Waals surface area (Å²) in [6.07, 6.45) is 2.19. The van der Waals surface area contributed by atoms with Crippen LogP contribution >= 0.6 is 11.7 Å². The third kappa shape index (κ3) is 3.77. The predicted molar refractivity (Wildman–Crippen MR) is 82.7 cm³/mol. The molecule has 2 aromatic rings. The molecule has 0 fully saturated rings. The zero-order chi connectivity index (χ0) is 13.7. The first-order valence-electron chi connectivity index (χ1n) is 6.86. The SMILES string of the molecule is CCCNc1nsnc1-c1cccc(CC(C)C)c1. The van der Waals surface area contributed by atoms with Crippen LogP contribution < -0.4 is 5.32 Å². The molecule has 0 radical (unpaired) electrons. The smallest absolute Gasteiger partial charge is 0.168 e. The minimum atomic E-state index is 0.668. The fourth-order valence-corrected chi connectivity index (χ4v) is 2.60. The molecular formula is C15H21N3S. The Hall–Kier alpha value is -1.42. The molecule has 0 amide bonds. The van der Waals surface area contributed by atoms with Crippen LogP contribution in [-0.2, 0) is 6.42 Å². The maximum Gasteiger partial charge on any atom is 0.168 e. The van der Waals surface area contributed by atoms with Crippen LogP contribution in [0.15, 0.2) is 24.3 Å². The lowest BCUT2D eigenvalue weighted by molar-refractivity contribution is 0.647. The number of nitrogens with zero attached hydrogens (tertiary/aromatic N) is 2. The van der Waals surface area contributed by atoms with E-state index >= 15 is 0 Å². The fraction of sp³-hybridized carbons (Fsp3) is 0.467. The van der Waals surface area contributed by atoms with Crippen LogP contribution in [0.1, 0.15) is 32.8 Å². The zero-order valence-electron chi connectivity index (χ0n) is 11.8. The van der Waals surface area contributed by atoms with E-state index in [0.717, 1.165) is 36.5 Å². The zero-order valence-corrected chi connectivity index (χ0v) is 12.6. The molecule has 3 nitrogen and oxygen atoms in total. The van der Waals surface area contributed by atoms with Crippen LogP contribution in [0, 0.1) is 5.92 Å². The number of anilines is 1. The van der Waals surface area contributed by atoms with E-state index in [1.165, 1.54) is 17.3 Å². The first-order valence-corrected chi connectivity index (χ1v) is 7.59. The summed E-state index contributed by atoms with van der Waals surface area (Å²) in [5.74, 6) is 1.58. The molecule has 19 heavy (non-hydrogen) atoms. The molecule has 1 N–H and O–H groups in total. The fourth-order valence-electron chi connectivity index (χ4n) is 2.05. The first-order chi connectivity index (χ1) is 9.20. The molecule has 2 rings (SSSR count). The molecule has 0 saturated carbocycles. The van der Waals surface area contributed by atoms with Gasteiger partial charge in [-0.15, -0.1) is 0 Å². The average molecular weight is 275 g/mol. The molecule has 0 atom stereocenters. The van der Waals surface area contributed by atoms with Crippen molar-refractivity contribution < 1.29 is 0 Å². The summed E-state index contributed by atoms with van der Waals surface area (Å²) in [5.41, 5.74) is 3.50. The van der Waals surface area contributed by atoms with E-state index in [0.29, 0.717) is 5.92 Å². The Morgan fingerprint density at radius 1 is 1.26 bits per heavy atom. The summed E-state index contributed by atoms with van der Waals surface area (Å²) < 4.78 is 8.77. The van der Waals surface area contributed by atoms with Crippen molar-refractivity contribution in [3.05, 3.63) is 29.8 Å². The standard InChI is InChI=1S/C15H21N3S/c1-4-8-16-15-14(17-19-18-15)13-7-5-6-12(10-13)9-11(2)3/h5-7,10-11H,4,8-9H2,1-3H3,(H,16,18). The number of aromatic nitrogens is 2. The number of hydrogen-bond acceptors (Lipinski definition) is 4. The van der Waals surface area contributed by atoms with Crippen molar-refractivity contribution in [1.82, 2.24) is 8.75 Å². The lowest BCUT2D eigenvalue weighted by Gasteiger charge is -2.07. The van der Waals surface area contributed by atoms with Gasteiger partial charge in [0, 0.05) is 12.1 Å². The highest BCUT2D eigenvalue weighted by molar-refractivity contribution is 6.99. The highest BCUT2D eigenvalue weighted by Crippen LogP contribution is 2.27. The summed E-state index contributed by atoms with van der Waals surface area (Å²) in [4.78, 5) is 0. The summed E-state index contributed by atoms with van der Waals surface area (Å²) >= 11 is 1.27.